The van der Waals surface area contributed by atoms with E-state index in [0.29, 0.717) is 10.7 Å². The number of unbranched alkanes of at least 4 members (excludes halogenated alkanes) is 1. The van der Waals surface area contributed by atoms with E-state index in [2.05, 4.69) is 12.2 Å². The van der Waals surface area contributed by atoms with Gasteiger partial charge in [0.15, 0.2) is 0 Å². The Morgan fingerprint density at radius 3 is 2.63 bits per heavy atom. The fourth-order valence-electron chi connectivity index (χ4n) is 1.48. The van der Waals surface area contributed by atoms with Gasteiger partial charge in [0.25, 0.3) is 0 Å². The van der Waals surface area contributed by atoms with E-state index in [0.717, 1.165) is 30.7 Å². The standard InChI is InChI=1S/C14H20N2OS2/c1-2-3-8-16-13(17)10-19-9-11-4-6-12(7-5-11)14(15)18/h4-7H,2-3,8-10H2,1H3,(H2,15,18)(H,16,17). The molecule has 0 aliphatic heterocycles. The third-order valence-electron chi connectivity index (χ3n) is 2.59. The zero-order valence-electron chi connectivity index (χ0n) is 11.1. The van der Waals surface area contributed by atoms with Gasteiger partial charge >= 0.3 is 0 Å². The second-order valence-corrected chi connectivity index (χ2v) is 5.68. The zero-order valence-corrected chi connectivity index (χ0v) is 12.8. The quantitative estimate of drug-likeness (QED) is 0.571. The van der Waals surface area contributed by atoms with Crippen molar-refractivity contribution in [1.82, 2.24) is 5.32 Å². The lowest BCUT2D eigenvalue weighted by Gasteiger charge is -2.05. The van der Waals surface area contributed by atoms with Gasteiger partial charge in [0.2, 0.25) is 5.91 Å². The number of nitrogens with one attached hydrogen (secondary N) is 1. The summed E-state index contributed by atoms with van der Waals surface area (Å²) in [5.41, 5.74) is 7.58. The Bertz CT molecular complexity index is 418. The van der Waals surface area contributed by atoms with Crippen molar-refractivity contribution in [3.05, 3.63) is 35.4 Å². The van der Waals surface area contributed by atoms with Crippen LogP contribution < -0.4 is 11.1 Å². The molecule has 0 spiro atoms. The van der Waals surface area contributed by atoms with E-state index in [-0.39, 0.29) is 5.91 Å². The third kappa shape index (κ3) is 6.59. The van der Waals surface area contributed by atoms with Gasteiger partial charge in [-0.05, 0) is 12.0 Å². The second kappa shape index (κ2) is 8.93. The number of hydrogen-bond donors (Lipinski definition) is 2. The summed E-state index contributed by atoms with van der Waals surface area (Å²) in [4.78, 5) is 11.9. The Kier molecular flexibility index (Phi) is 7.52. The van der Waals surface area contributed by atoms with Crippen molar-refractivity contribution in [2.24, 2.45) is 5.73 Å². The van der Waals surface area contributed by atoms with Crippen LogP contribution in [-0.2, 0) is 10.5 Å². The van der Waals surface area contributed by atoms with E-state index in [4.69, 9.17) is 18.0 Å². The molecule has 0 heterocycles. The van der Waals surface area contributed by atoms with Crippen LogP contribution in [0, 0.1) is 0 Å². The molecule has 104 valence electrons. The number of thioether (sulfide) groups is 1. The van der Waals surface area contributed by atoms with Crippen molar-refractivity contribution in [3.63, 3.8) is 0 Å². The second-order valence-electron chi connectivity index (χ2n) is 4.26. The molecule has 0 unspecified atom stereocenters. The number of thiocarbonyl (C=S) groups is 1. The zero-order chi connectivity index (χ0) is 14.1. The van der Waals surface area contributed by atoms with E-state index in [1.54, 1.807) is 11.8 Å². The first-order valence-corrected chi connectivity index (χ1v) is 7.93. The molecule has 0 fully saturated rings. The monoisotopic (exact) mass is 296 g/mol. The number of rotatable bonds is 8. The Labute approximate surface area is 124 Å². The molecule has 0 saturated heterocycles. The molecule has 0 radical (unpaired) electrons. The van der Waals surface area contributed by atoms with Crippen LogP contribution in [0.3, 0.4) is 0 Å². The molecule has 3 nitrogen and oxygen atoms in total. The lowest BCUT2D eigenvalue weighted by Crippen LogP contribution is -2.26. The maximum atomic E-state index is 11.5. The minimum atomic E-state index is 0.109. The van der Waals surface area contributed by atoms with E-state index >= 15 is 0 Å². The third-order valence-corrected chi connectivity index (χ3v) is 3.83. The Hall–Kier alpha value is -1.07. The van der Waals surface area contributed by atoms with Crippen LogP contribution in [0.2, 0.25) is 0 Å². The van der Waals surface area contributed by atoms with Gasteiger partial charge in [-0.1, -0.05) is 49.8 Å². The fraction of sp³-hybridized carbons (Fsp3) is 0.429. The van der Waals surface area contributed by atoms with E-state index < -0.39 is 0 Å². The lowest BCUT2D eigenvalue weighted by molar-refractivity contribution is -0.118. The number of amides is 1. The van der Waals surface area contributed by atoms with Crippen LogP contribution in [0.5, 0.6) is 0 Å². The van der Waals surface area contributed by atoms with Crippen LogP contribution in [0.15, 0.2) is 24.3 Å². The molecule has 3 N–H and O–H groups in total. The molecule has 0 aliphatic rings. The van der Waals surface area contributed by atoms with Crippen LogP contribution in [-0.4, -0.2) is 23.2 Å². The molecule has 1 aromatic carbocycles. The van der Waals surface area contributed by atoms with E-state index in [1.165, 1.54) is 5.56 Å². The normalized spacial score (nSPS) is 10.2. The first-order valence-electron chi connectivity index (χ1n) is 6.36. The molecule has 0 aromatic heterocycles. The van der Waals surface area contributed by atoms with Crippen molar-refractivity contribution < 1.29 is 4.79 Å². The largest absolute Gasteiger partial charge is 0.389 e. The molecular formula is C14H20N2OS2. The predicted octanol–water partition coefficient (Wildman–Crippen LogP) is 2.47. The summed E-state index contributed by atoms with van der Waals surface area (Å²) in [5, 5.41) is 2.90. The average Bonchev–Trinajstić information content (AvgIpc) is 2.39. The maximum absolute atomic E-state index is 11.5. The Balaban J connectivity index is 2.25. The van der Waals surface area contributed by atoms with Gasteiger partial charge in [0.1, 0.15) is 4.99 Å². The first-order chi connectivity index (χ1) is 9.13. The number of carbonyl (C=O) groups excluding carboxylic acids is 1. The van der Waals surface area contributed by atoms with Crippen molar-refractivity contribution in [1.29, 1.82) is 0 Å². The molecule has 0 aliphatic carbocycles. The molecule has 19 heavy (non-hydrogen) atoms. The average molecular weight is 296 g/mol. The van der Waals surface area contributed by atoms with Crippen molar-refractivity contribution in [3.8, 4) is 0 Å². The number of benzene rings is 1. The molecule has 0 atom stereocenters. The van der Waals surface area contributed by atoms with Gasteiger partial charge < -0.3 is 11.1 Å². The summed E-state index contributed by atoms with van der Waals surface area (Å²) in [6, 6.07) is 7.83. The SMILES string of the molecule is CCCCNC(=O)CSCc1ccc(C(N)=S)cc1. The van der Waals surface area contributed by atoms with Gasteiger partial charge in [0, 0.05) is 17.9 Å². The summed E-state index contributed by atoms with van der Waals surface area (Å²) in [7, 11) is 0. The van der Waals surface area contributed by atoms with E-state index in [1.807, 2.05) is 24.3 Å². The van der Waals surface area contributed by atoms with Gasteiger partial charge in [-0.2, -0.15) is 0 Å². The maximum Gasteiger partial charge on any atom is 0.230 e. The summed E-state index contributed by atoms with van der Waals surface area (Å²) >= 11 is 6.51. The smallest absolute Gasteiger partial charge is 0.230 e. The van der Waals surface area contributed by atoms with E-state index in [9.17, 15) is 4.79 Å². The Morgan fingerprint density at radius 1 is 1.37 bits per heavy atom. The minimum Gasteiger partial charge on any atom is -0.389 e. The van der Waals surface area contributed by atoms with Crippen molar-refractivity contribution >= 4 is 34.9 Å². The topological polar surface area (TPSA) is 55.1 Å². The van der Waals surface area contributed by atoms with Gasteiger partial charge in [0.05, 0.1) is 5.75 Å². The number of nitrogens with two attached hydrogens (primary N) is 1. The molecule has 1 aromatic rings. The molecule has 0 bridgehead atoms. The highest BCUT2D eigenvalue weighted by Gasteiger charge is 2.02. The highest BCUT2D eigenvalue weighted by Crippen LogP contribution is 2.13. The summed E-state index contributed by atoms with van der Waals surface area (Å²) in [6.07, 6.45) is 2.14. The number of hydrogen-bond acceptors (Lipinski definition) is 3. The van der Waals surface area contributed by atoms with Crippen LogP contribution in [0.1, 0.15) is 30.9 Å². The molecule has 1 rings (SSSR count). The molecule has 0 saturated carbocycles. The predicted molar refractivity (Wildman–Crippen MR) is 86.4 cm³/mol. The lowest BCUT2D eigenvalue weighted by atomic mass is 10.1. The number of carbonyl (C=O) groups is 1. The van der Waals surface area contributed by atoms with Crippen LogP contribution in [0.25, 0.3) is 0 Å². The molecule has 5 heteroatoms. The fourth-order valence-corrected chi connectivity index (χ4v) is 2.44. The highest BCUT2D eigenvalue weighted by molar-refractivity contribution is 7.99. The summed E-state index contributed by atoms with van der Waals surface area (Å²) < 4.78 is 0. The van der Waals surface area contributed by atoms with Gasteiger partial charge in [-0.15, -0.1) is 11.8 Å². The van der Waals surface area contributed by atoms with Crippen molar-refractivity contribution in [2.45, 2.75) is 25.5 Å². The molecule has 1 amide bonds. The Morgan fingerprint density at radius 2 is 2.05 bits per heavy atom. The van der Waals surface area contributed by atoms with Gasteiger partial charge in [-0.3, -0.25) is 4.79 Å². The van der Waals surface area contributed by atoms with Gasteiger partial charge in [-0.25, -0.2) is 0 Å². The summed E-state index contributed by atoms with van der Waals surface area (Å²) in [5.74, 6) is 1.43. The van der Waals surface area contributed by atoms with Crippen LogP contribution in [0.4, 0.5) is 0 Å². The van der Waals surface area contributed by atoms with Crippen molar-refractivity contribution in [2.75, 3.05) is 12.3 Å². The first kappa shape index (κ1) is 16.0. The highest BCUT2D eigenvalue weighted by atomic mass is 32.2. The minimum absolute atomic E-state index is 0.109. The summed E-state index contributed by atoms with van der Waals surface area (Å²) in [6.45, 7) is 2.89. The van der Waals surface area contributed by atoms with Crippen LogP contribution >= 0.6 is 24.0 Å². The molecular weight excluding hydrogens is 276 g/mol.